The van der Waals surface area contributed by atoms with Gasteiger partial charge in [-0.2, -0.15) is 0 Å². The van der Waals surface area contributed by atoms with Gasteiger partial charge in [-0.15, -0.1) is 0 Å². The van der Waals surface area contributed by atoms with E-state index >= 15 is 0 Å². The van der Waals surface area contributed by atoms with Gasteiger partial charge in [-0.1, -0.05) is 11.6 Å². The predicted octanol–water partition coefficient (Wildman–Crippen LogP) is 2.25. The first-order valence-corrected chi connectivity index (χ1v) is 11.7. The SMILES string of the molecule is CS(=O)(=O)Nc1cc(C(=O)N2CCN(CC(=O)Nc3ccc(F)cc3)CC2)ccc1Cl. The quantitative estimate of drug-likeness (QED) is 0.677. The van der Waals surface area contributed by atoms with Crippen LogP contribution in [0.4, 0.5) is 15.8 Å². The van der Waals surface area contributed by atoms with Crippen molar-refractivity contribution in [1.29, 1.82) is 0 Å². The molecule has 8 nitrogen and oxygen atoms in total. The summed E-state index contributed by atoms with van der Waals surface area (Å²) in [5.41, 5.74) is 0.977. The second-order valence-corrected chi connectivity index (χ2v) is 9.35. The number of rotatable bonds is 6. The summed E-state index contributed by atoms with van der Waals surface area (Å²) >= 11 is 6.01. The number of hydrogen-bond donors (Lipinski definition) is 2. The molecule has 0 aromatic heterocycles. The fourth-order valence-electron chi connectivity index (χ4n) is 3.16. The van der Waals surface area contributed by atoms with E-state index in [1.165, 1.54) is 36.4 Å². The van der Waals surface area contributed by atoms with Gasteiger partial charge >= 0.3 is 0 Å². The summed E-state index contributed by atoms with van der Waals surface area (Å²) in [4.78, 5) is 28.6. The zero-order valence-corrected chi connectivity index (χ0v) is 18.3. The molecule has 3 rings (SSSR count). The standard InChI is InChI=1S/C20H22ClFN4O4S/c1-31(29,30)24-18-12-14(2-7-17(18)21)20(28)26-10-8-25(9-11-26)13-19(27)23-16-5-3-15(22)4-6-16/h2-7,12,24H,8-11,13H2,1H3,(H,23,27). The number of nitrogens with zero attached hydrogens (tertiary/aromatic N) is 2. The van der Waals surface area contributed by atoms with Crippen LogP contribution in [0.1, 0.15) is 10.4 Å². The zero-order chi connectivity index (χ0) is 22.6. The third kappa shape index (κ3) is 6.65. The van der Waals surface area contributed by atoms with E-state index in [1.54, 1.807) is 11.0 Å². The van der Waals surface area contributed by atoms with Crippen molar-refractivity contribution >= 4 is 44.8 Å². The second-order valence-electron chi connectivity index (χ2n) is 7.19. The van der Waals surface area contributed by atoms with Gasteiger partial charge in [0.25, 0.3) is 5.91 Å². The minimum Gasteiger partial charge on any atom is -0.336 e. The molecular formula is C20H22ClFN4O4S. The number of anilines is 2. The van der Waals surface area contributed by atoms with Crippen molar-refractivity contribution in [1.82, 2.24) is 9.80 Å². The first kappa shape index (κ1) is 23.0. The van der Waals surface area contributed by atoms with Crippen LogP contribution in [0.5, 0.6) is 0 Å². The Morgan fingerprint density at radius 3 is 2.32 bits per heavy atom. The van der Waals surface area contributed by atoms with Crippen LogP contribution in [0.2, 0.25) is 5.02 Å². The Hall–Kier alpha value is -2.69. The van der Waals surface area contributed by atoms with E-state index in [-0.39, 0.29) is 34.9 Å². The molecule has 1 aliphatic heterocycles. The van der Waals surface area contributed by atoms with Gasteiger partial charge in [0, 0.05) is 37.4 Å². The number of carbonyl (C=O) groups excluding carboxylic acids is 2. The third-order valence-corrected chi connectivity index (χ3v) is 5.58. The minimum atomic E-state index is -3.53. The number of halogens is 2. The van der Waals surface area contributed by atoms with E-state index in [2.05, 4.69) is 10.0 Å². The van der Waals surface area contributed by atoms with Crippen molar-refractivity contribution in [2.75, 3.05) is 49.0 Å². The maximum absolute atomic E-state index is 12.9. The fraction of sp³-hybridized carbons (Fsp3) is 0.300. The summed E-state index contributed by atoms with van der Waals surface area (Å²) in [6.07, 6.45) is 1.00. The fourth-order valence-corrected chi connectivity index (χ4v) is 3.95. The molecule has 2 amide bonds. The average molecular weight is 469 g/mol. The van der Waals surface area contributed by atoms with Crippen LogP contribution < -0.4 is 10.0 Å². The van der Waals surface area contributed by atoms with Crippen molar-refractivity contribution in [3.05, 3.63) is 58.9 Å². The zero-order valence-electron chi connectivity index (χ0n) is 16.8. The van der Waals surface area contributed by atoms with Crippen LogP contribution in [0.3, 0.4) is 0 Å². The van der Waals surface area contributed by atoms with E-state index in [4.69, 9.17) is 11.6 Å². The van der Waals surface area contributed by atoms with Crippen molar-refractivity contribution < 1.29 is 22.4 Å². The molecule has 0 bridgehead atoms. The molecule has 1 saturated heterocycles. The highest BCUT2D eigenvalue weighted by Gasteiger charge is 2.24. The van der Waals surface area contributed by atoms with Crippen molar-refractivity contribution in [3.63, 3.8) is 0 Å². The first-order chi connectivity index (χ1) is 14.6. The Bertz CT molecular complexity index is 1070. The van der Waals surface area contributed by atoms with Gasteiger partial charge in [-0.3, -0.25) is 19.2 Å². The van der Waals surface area contributed by atoms with Crippen LogP contribution in [0.25, 0.3) is 0 Å². The highest BCUT2D eigenvalue weighted by atomic mass is 35.5. The molecule has 0 aliphatic carbocycles. The predicted molar refractivity (Wildman–Crippen MR) is 117 cm³/mol. The van der Waals surface area contributed by atoms with E-state index in [0.717, 1.165) is 6.26 Å². The molecule has 0 spiro atoms. The van der Waals surface area contributed by atoms with Gasteiger partial charge in [0.2, 0.25) is 15.9 Å². The lowest BCUT2D eigenvalue weighted by atomic mass is 10.1. The van der Waals surface area contributed by atoms with Crippen LogP contribution in [-0.4, -0.2) is 69.0 Å². The number of nitrogens with one attached hydrogen (secondary N) is 2. The lowest BCUT2D eigenvalue weighted by Gasteiger charge is -2.34. The molecule has 0 radical (unpaired) electrons. The first-order valence-electron chi connectivity index (χ1n) is 9.45. The molecule has 11 heteroatoms. The van der Waals surface area contributed by atoms with Crippen LogP contribution >= 0.6 is 11.6 Å². The summed E-state index contributed by atoms with van der Waals surface area (Å²) in [5.74, 6) is -0.845. The topological polar surface area (TPSA) is 98.8 Å². The van der Waals surface area contributed by atoms with Gasteiger partial charge in [0.15, 0.2) is 0 Å². The number of benzene rings is 2. The molecule has 1 aliphatic rings. The average Bonchev–Trinajstić information content (AvgIpc) is 2.70. The Kier molecular flexibility index (Phi) is 7.14. The molecule has 2 N–H and O–H groups in total. The molecular weight excluding hydrogens is 447 g/mol. The Morgan fingerprint density at radius 1 is 1.06 bits per heavy atom. The molecule has 1 heterocycles. The van der Waals surface area contributed by atoms with Crippen molar-refractivity contribution in [2.24, 2.45) is 0 Å². The number of carbonyl (C=O) groups is 2. The van der Waals surface area contributed by atoms with Gasteiger partial charge in [-0.25, -0.2) is 12.8 Å². The summed E-state index contributed by atoms with van der Waals surface area (Å²) in [5, 5.41) is 2.90. The van der Waals surface area contributed by atoms with Gasteiger partial charge in [0.1, 0.15) is 5.82 Å². The molecule has 0 unspecified atom stereocenters. The lowest BCUT2D eigenvalue weighted by molar-refractivity contribution is -0.117. The molecule has 166 valence electrons. The Morgan fingerprint density at radius 2 is 1.71 bits per heavy atom. The van der Waals surface area contributed by atoms with E-state index < -0.39 is 10.0 Å². The maximum atomic E-state index is 12.9. The van der Waals surface area contributed by atoms with Crippen LogP contribution in [-0.2, 0) is 14.8 Å². The largest absolute Gasteiger partial charge is 0.336 e. The van der Waals surface area contributed by atoms with Gasteiger partial charge in [0.05, 0.1) is 23.5 Å². The molecule has 2 aromatic carbocycles. The molecule has 0 saturated carbocycles. The summed E-state index contributed by atoms with van der Waals surface area (Å²) in [6.45, 7) is 2.00. The summed E-state index contributed by atoms with van der Waals surface area (Å²) in [7, 11) is -3.53. The van der Waals surface area contributed by atoms with E-state index in [1.807, 2.05) is 4.90 Å². The normalized spacial score (nSPS) is 14.9. The number of sulfonamides is 1. The number of piperazine rings is 1. The molecule has 0 atom stereocenters. The Labute approximate surface area is 185 Å². The second kappa shape index (κ2) is 9.63. The molecule has 2 aromatic rings. The highest BCUT2D eigenvalue weighted by Crippen LogP contribution is 2.25. The monoisotopic (exact) mass is 468 g/mol. The third-order valence-electron chi connectivity index (χ3n) is 4.66. The van der Waals surface area contributed by atoms with Crippen LogP contribution in [0, 0.1) is 5.82 Å². The van der Waals surface area contributed by atoms with Gasteiger partial charge < -0.3 is 10.2 Å². The van der Waals surface area contributed by atoms with E-state index in [0.29, 0.717) is 37.4 Å². The van der Waals surface area contributed by atoms with E-state index in [9.17, 15) is 22.4 Å². The van der Waals surface area contributed by atoms with Crippen molar-refractivity contribution in [2.45, 2.75) is 0 Å². The number of hydrogen-bond acceptors (Lipinski definition) is 5. The smallest absolute Gasteiger partial charge is 0.254 e. The summed E-state index contributed by atoms with van der Waals surface area (Å²) in [6, 6.07) is 9.94. The Balaban J connectivity index is 1.54. The lowest BCUT2D eigenvalue weighted by Crippen LogP contribution is -2.50. The van der Waals surface area contributed by atoms with Crippen molar-refractivity contribution in [3.8, 4) is 0 Å². The molecule has 1 fully saturated rings. The minimum absolute atomic E-state index is 0.145. The molecule has 31 heavy (non-hydrogen) atoms. The van der Waals surface area contributed by atoms with Crippen LogP contribution in [0.15, 0.2) is 42.5 Å². The highest BCUT2D eigenvalue weighted by molar-refractivity contribution is 7.92. The summed E-state index contributed by atoms with van der Waals surface area (Å²) < 4.78 is 38.2. The van der Waals surface area contributed by atoms with Gasteiger partial charge in [-0.05, 0) is 42.5 Å². The maximum Gasteiger partial charge on any atom is 0.254 e. The number of amides is 2.